The molecule has 2 aromatic carbocycles. The van der Waals surface area contributed by atoms with E-state index in [0.717, 1.165) is 54.6 Å². The summed E-state index contributed by atoms with van der Waals surface area (Å²) in [5.41, 5.74) is 1.78. The fourth-order valence-electron chi connectivity index (χ4n) is 9.40. The van der Waals surface area contributed by atoms with Gasteiger partial charge in [0.2, 0.25) is 5.91 Å². The predicted octanol–water partition coefficient (Wildman–Crippen LogP) is 16.3. The first kappa shape index (κ1) is 53.6. The van der Waals surface area contributed by atoms with Crippen LogP contribution >= 0.6 is 0 Å². The van der Waals surface area contributed by atoms with Gasteiger partial charge in [0, 0.05) is 38.4 Å². The average Bonchev–Trinajstić information content (AvgIpc) is 3.28. The smallest absolute Gasteiger partial charge is 0.319 e. The summed E-state index contributed by atoms with van der Waals surface area (Å²) in [5.74, 6) is 4.41. The van der Waals surface area contributed by atoms with E-state index < -0.39 is 0 Å². The molecular weight excluding hydrogens is 777 g/mol. The number of hydrogen-bond donors (Lipinski definition) is 4. The number of nitrogens with one attached hydrogen (secondary N) is 4. The molecule has 7 heteroatoms. The second kappa shape index (κ2) is 35.6. The van der Waals surface area contributed by atoms with Gasteiger partial charge in [0.1, 0.15) is 11.5 Å². The second-order valence-corrected chi connectivity index (χ2v) is 18.6. The Morgan fingerprint density at radius 3 is 1.59 bits per heavy atom. The van der Waals surface area contributed by atoms with E-state index in [0.29, 0.717) is 24.3 Å². The third kappa shape index (κ3) is 25.4. The highest BCUT2D eigenvalue weighted by Gasteiger charge is 2.33. The molecular formula is C56H92N4O3. The van der Waals surface area contributed by atoms with Crippen molar-refractivity contribution in [1.82, 2.24) is 10.6 Å². The topological polar surface area (TPSA) is 91.5 Å². The number of rotatable bonds is 37. The highest BCUT2D eigenvalue weighted by molar-refractivity contribution is 5.89. The molecule has 2 aromatic rings. The van der Waals surface area contributed by atoms with E-state index in [2.05, 4.69) is 59.4 Å². The van der Waals surface area contributed by atoms with Crippen LogP contribution in [0.1, 0.15) is 201 Å². The predicted molar refractivity (Wildman–Crippen MR) is 271 cm³/mol. The molecule has 0 saturated carbocycles. The molecule has 7 nitrogen and oxygen atoms in total. The van der Waals surface area contributed by atoms with E-state index in [1.807, 2.05) is 55.6 Å². The lowest BCUT2D eigenvalue weighted by Crippen LogP contribution is -2.30. The van der Waals surface area contributed by atoms with Crippen molar-refractivity contribution in [2.24, 2.45) is 23.7 Å². The van der Waals surface area contributed by atoms with Crippen molar-refractivity contribution in [3.05, 3.63) is 72.8 Å². The number of allylic oxidation sites excluding steroid dienone is 4. The normalized spacial score (nSPS) is 17.2. The molecule has 354 valence electrons. The Morgan fingerprint density at radius 2 is 1.00 bits per heavy atom. The molecule has 4 unspecified atom stereocenters. The lowest BCUT2D eigenvalue weighted by Gasteiger charge is -2.39. The van der Waals surface area contributed by atoms with Gasteiger partial charge in [0.15, 0.2) is 0 Å². The van der Waals surface area contributed by atoms with E-state index in [9.17, 15) is 9.59 Å². The number of benzene rings is 2. The summed E-state index contributed by atoms with van der Waals surface area (Å²) in [6.45, 7) is 7.76. The van der Waals surface area contributed by atoms with Crippen LogP contribution < -0.4 is 26.0 Å². The molecule has 1 aliphatic carbocycles. The Balaban J connectivity index is 1.41. The SMILES string of the molecule is CCCCCCCCCC/C=C\C1C(CCCCCCCCCNC(C)=O)C=CC(CCCCC)C1CCCCCCCCNC(=O)Nc1ccc(Oc2ccc(NC)cc2)cc1. The summed E-state index contributed by atoms with van der Waals surface area (Å²) in [6.07, 6.45) is 47.2. The number of carbonyl (C=O) groups is 2. The highest BCUT2D eigenvalue weighted by Crippen LogP contribution is 2.43. The van der Waals surface area contributed by atoms with Gasteiger partial charge in [-0.25, -0.2) is 4.79 Å². The Bertz CT molecular complexity index is 1490. The van der Waals surface area contributed by atoms with Gasteiger partial charge in [-0.15, -0.1) is 0 Å². The third-order valence-corrected chi connectivity index (χ3v) is 13.2. The minimum absolute atomic E-state index is 0.0850. The highest BCUT2D eigenvalue weighted by atomic mass is 16.5. The standard InChI is InChI=1S/C56H92N4O3/c1-5-7-9-10-11-12-13-16-21-27-34-55-49(32-26-20-15-14-18-23-29-45-58-47(3)61)36-35-48(31-25-8-6-2)54(55)33-28-22-17-19-24-30-46-59-56(62)60-51-39-43-53(44-40-51)63-52-41-37-50(57-4)38-42-52/h27,34-44,48-49,54-55,57H,5-26,28-33,45-46H2,1-4H3,(H,58,61)(H2,59,60,62)/b34-27-. The largest absolute Gasteiger partial charge is 0.457 e. The Hall–Kier alpha value is -3.74. The maximum atomic E-state index is 12.6. The Morgan fingerprint density at radius 1 is 0.540 bits per heavy atom. The average molecular weight is 869 g/mol. The zero-order valence-electron chi connectivity index (χ0n) is 40.7. The summed E-state index contributed by atoms with van der Waals surface area (Å²) in [6, 6.07) is 15.1. The molecule has 0 radical (unpaired) electrons. The van der Waals surface area contributed by atoms with Crippen molar-refractivity contribution in [2.75, 3.05) is 30.8 Å². The van der Waals surface area contributed by atoms with Crippen molar-refractivity contribution in [1.29, 1.82) is 0 Å². The number of anilines is 2. The molecule has 1 aliphatic rings. The van der Waals surface area contributed by atoms with Crippen LogP contribution in [-0.2, 0) is 4.79 Å². The van der Waals surface area contributed by atoms with Gasteiger partial charge in [-0.2, -0.15) is 0 Å². The van der Waals surface area contributed by atoms with Gasteiger partial charge in [0.25, 0.3) is 0 Å². The van der Waals surface area contributed by atoms with Crippen LogP contribution in [0.4, 0.5) is 16.2 Å². The fourth-order valence-corrected chi connectivity index (χ4v) is 9.40. The van der Waals surface area contributed by atoms with E-state index in [4.69, 9.17) is 4.74 Å². The minimum atomic E-state index is -0.160. The summed E-state index contributed by atoms with van der Waals surface area (Å²) in [7, 11) is 1.89. The van der Waals surface area contributed by atoms with Crippen LogP contribution in [0.2, 0.25) is 0 Å². The molecule has 0 aromatic heterocycles. The van der Waals surface area contributed by atoms with Gasteiger partial charge < -0.3 is 26.0 Å². The number of urea groups is 1. The zero-order valence-corrected chi connectivity index (χ0v) is 40.7. The van der Waals surface area contributed by atoms with Gasteiger partial charge >= 0.3 is 6.03 Å². The number of amides is 3. The summed E-state index contributed by atoms with van der Waals surface area (Å²) < 4.78 is 5.93. The molecule has 3 amide bonds. The third-order valence-electron chi connectivity index (χ3n) is 13.2. The molecule has 0 bridgehead atoms. The maximum Gasteiger partial charge on any atom is 0.319 e. The van der Waals surface area contributed by atoms with Crippen molar-refractivity contribution in [2.45, 2.75) is 201 Å². The maximum absolute atomic E-state index is 12.6. The first-order valence-electron chi connectivity index (χ1n) is 26.1. The Labute approximate surface area is 386 Å². The quantitative estimate of drug-likeness (QED) is 0.0402. The monoisotopic (exact) mass is 869 g/mol. The van der Waals surface area contributed by atoms with Gasteiger partial charge in [0.05, 0.1) is 0 Å². The molecule has 0 saturated heterocycles. The lowest BCUT2D eigenvalue weighted by molar-refractivity contribution is -0.118. The van der Waals surface area contributed by atoms with Crippen LogP contribution in [0.5, 0.6) is 11.5 Å². The van der Waals surface area contributed by atoms with Crippen LogP contribution in [0.25, 0.3) is 0 Å². The van der Waals surface area contributed by atoms with Crippen molar-refractivity contribution in [3.8, 4) is 11.5 Å². The van der Waals surface area contributed by atoms with E-state index >= 15 is 0 Å². The van der Waals surface area contributed by atoms with Gasteiger partial charge in [-0.05, 0) is 117 Å². The van der Waals surface area contributed by atoms with E-state index in [1.165, 1.54) is 161 Å². The molecule has 63 heavy (non-hydrogen) atoms. The number of unbranched alkanes of at least 4 members (excludes halogenated alkanes) is 21. The molecule has 0 heterocycles. The fraction of sp³-hybridized carbons (Fsp3) is 0.679. The van der Waals surface area contributed by atoms with Crippen LogP contribution in [0.3, 0.4) is 0 Å². The van der Waals surface area contributed by atoms with Crippen molar-refractivity contribution in [3.63, 3.8) is 0 Å². The molecule has 3 rings (SSSR count). The van der Waals surface area contributed by atoms with Crippen LogP contribution in [0.15, 0.2) is 72.8 Å². The summed E-state index contributed by atoms with van der Waals surface area (Å²) >= 11 is 0. The first-order valence-corrected chi connectivity index (χ1v) is 26.1. The first-order chi connectivity index (χ1) is 30.9. The van der Waals surface area contributed by atoms with Crippen molar-refractivity contribution < 1.29 is 14.3 Å². The second-order valence-electron chi connectivity index (χ2n) is 18.6. The molecule has 0 spiro atoms. The zero-order chi connectivity index (χ0) is 45.0. The molecule has 0 aliphatic heterocycles. The van der Waals surface area contributed by atoms with Crippen molar-refractivity contribution >= 4 is 23.3 Å². The molecule has 0 fully saturated rings. The minimum Gasteiger partial charge on any atom is -0.457 e. The van der Waals surface area contributed by atoms with Crippen LogP contribution in [-0.4, -0.2) is 32.1 Å². The van der Waals surface area contributed by atoms with E-state index in [-0.39, 0.29) is 11.9 Å². The summed E-state index contributed by atoms with van der Waals surface area (Å²) in [5, 5.41) is 12.0. The Kier molecular flexibility index (Phi) is 30.3. The number of carbonyl (C=O) groups excluding carboxylic acids is 2. The molecule has 4 atom stereocenters. The number of ether oxygens (including phenoxy) is 1. The number of hydrogen-bond acceptors (Lipinski definition) is 4. The summed E-state index contributed by atoms with van der Waals surface area (Å²) in [4.78, 5) is 23.7. The lowest BCUT2D eigenvalue weighted by atomic mass is 9.66. The van der Waals surface area contributed by atoms with E-state index in [1.54, 1.807) is 6.92 Å². The van der Waals surface area contributed by atoms with Gasteiger partial charge in [-0.1, -0.05) is 173 Å². The molecule has 4 N–H and O–H groups in total. The van der Waals surface area contributed by atoms with Crippen LogP contribution in [0, 0.1) is 23.7 Å². The van der Waals surface area contributed by atoms with Gasteiger partial charge in [-0.3, -0.25) is 4.79 Å².